The van der Waals surface area contributed by atoms with E-state index in [4.69, 9.17) is 4.74 Å². The number of ether oxygens (including phenoxy) is 1. The summed E-state index contributed by atoms with van der Waals surface area (Å²) in [5.74, 6) is -0.895. The number of carbonyl (C=O) groups excluding carboxylic acids is 1. The van der Waals surface area contributed by atoms with Crippen LogP contribution in [0.5, 0.6) is 0 Å². The average molecular weight is 351 g/mol. The number of thioether (sulfide) groups is 1. The molecule has 0 spiro atoms. The standard InChI is InChI=1S/C18H25NO4S/c1-23-12-4-10-18(17(21)22)9-3-11-19(13-18)16(20)14-5-7-15(24-2)8-6-14/h5-8H,3-4,9-13H2,1-2H3,(H,21,22)/t18-/m1/s1. The van der Waals surface area contributed by atoms with E-state index in [1.54, 1.807) is 23.8 Å². The first-order chi connectivity index (χ1) is 11.5. The van der Waals surface area contributed by atoms with Gasteiger partial charge in [0.1, 0.15) is 0 Å². The van der Waals surface area contributed by atoms with E-state index in [0.29, 0.717) is 44.4 Å². The molecule has 1 amide bonds. The molecule has 0 radical (unpaired) electrons. The molecule has 0 unspecified atom stereocenters. The molecule has 1 N–H and O–H groups in total. The molecule has 2 rings (SSSR count). The van der Waals surface area contributed by atoms with E-state index in [0.717, 1.165) is 4.90 Å². The Morgan fingerprint density at radius 2 is 2.04 bits per heavy atom. The maximum Gasteiger partial charge on any atom is 0.311 e. The summed E-state index contributed by atoms with van der Waals surface area (Å²) < 4.78 is 5.05. The molecule has 1 saturated heterocycles. The lowest BCUT2D eigenvalue weighted by Gasteiger charge is -2.40. The Hall–Kier alpha value is -1.53. The van der Waals surface area contributed by atoms with Crippen LogP contribution in [-0.4, -0.2) is 54.9 Å². The molecule has 6 heteroatoms. The second-order valence-corrected chi connectivity index (χ2v) is 7.12. The molecule has 1 aromatic carbocycles. The fourth-order valence-electron chi connectivity index (χ4n) is 3.26. The highest BCUT2D eigenvalue weighted by molar-refractivity contribution is 7.98. The van der Waals surface area contributed by atoms with Crippen LogP contribution in [0.2, 0.25) is 0 Å². The molecule has 0 bridgehead atoms. The van der Waals surface area contributed by atoms with Crippen molar-refractivity contribution in [3.05, 3.63) is 29.8 Å². The van der Waals surface area contributed by atoms with Gasteiger partial charge in [-0.3, -0.25) is 9.59 Å². The first-order valence-electron chi connectivity index (χ1n) is 8.18. The SMILES string of the molecule is COCCC[C@]1(C(=O)O)CCCN(C(=O)c2ccc(SC)cc2)C1. The zero-order valence-electron chi connectivity index (χ0n) is 14.3. The van der Waals surface area contributed by atoms with Crippen LogP contribution in [0.3, 0.4) is 0 Å². The van der Waals surface area contributed by atoms with Gasteiger partial charge in [0.05, 0.1) is 5.41 Å². The lowest BCUT2D eigenvalue weighted by molar-refractivity contribution is -0.152. The van der Waals surface area contributed by atoms with Crippen LogP contribution in [0.1, 0.15) is 36.0 Å². The summed E-state index contributed by atoms with van der Waals surface area (Å²) in [4.78, 5) is 27.4. The molecule has 1 heterocycles. The van der Waals surface area contributed by atoms with Crippen molar-refractivity contribution in [2.45, 2.75) is 30.6 Å². The zero-order valence-corrected chi connectivity index (χ0v) is 15.1. The molecule has 1 aromatic rings. The van der Waals surface area contributed by atoms with Crippen molar-refractivity contribution in [2.75, 3.05) is 33.1 Å². The Morgan fingerprint density at radius 1 is 1.33 bits per heavy atom. The van der Waals surface area contributed by atoms with E-state index in [1.807, 2.05) is 30.5 Å². The van der Waals surface area contributed by atoms with E-state index in [2.05, 4.69) is 0 Å². The second kappa shape index (κ2) is 8.53. The van der Waals surface area contributed by atoms with Crippen LogP contribution in [0.15, 0.2) is 29.2 Å². The van der Waals surface area contributed by atoms with E-state index < -0.39 is 11.4 Å². The minimum atomic E-state index is -0.856. The van der Waals surface area contributed by atoms with Gasteiger partial charge in [0.25, 0.3) is 5.91 Å². The van der Waals surface area contributed by atoms with Crippen LogP contribution in [0.4, 0.5) is 0 Å². The van der Waals surface area contributed by atoms with Crippen molar-refractivity contribution < 1.29 is 19.4 Å². The number of nitrogens with zero attached hydrogens (tertiary/aromatic N) is 1. The third-order valence-electron chi connectivity index (χ3n) is 4.66. The number of carboxylic acid groups (broad SMARTS) is 1. The highest BCUT2D eigenvalue weighted by Gasteiger charge is 2.43. The first kappa shape index (κ1) is 18.8. The highest BCUT2D eigenvalue weighted by Crippen LogP contribution is 2.35. The fourth-order valence-corrected chi connectivity index (χ4v) is 3.67. The molecule has 24 heavy (non-hydrogen) atoms. The Balaban J connectivity index is 2.11. The summed E-state index contributed by atoms with van der Waals surface area (Å²) in [5, 5.41) is 9.74. The maximum atomic E-state index is 12.7. The van der Waals surface area contributed by atoms with Crippen molar-refractivity contribution in [3.63, 3.8) is 0 Å². The molecule has 0 aromatic heterocycles. The molecule has 1 fully saturated rings. The summed E-state index contributed by atoms with van der Waals surface area (Å²) >= 11 is 1.63. The molecular weight excluding hydrogens is 326 g/mol. The van der Waals surface area contributed by atoms with Crippen molar-refractivity contribution in [1.82, 2.24) is 4.90 Å². The quantitative estimate of drug-likeness (QED) is 0.604. The summed E-state index contributed by atoms with van der Waals surface area (Å²) in [6, 6.07) is 7.47. The van der Waals surface area contributed by atoms with E-state index in [9.17, 15) is 14.7 Å². The van der Waals surface area contributed by atoms with Crippen LogP contribution in [-0.2, 0) is 9.53 Å². The molecule has 1 atom stereocenters. The number of amides is 1. The highest BCUT2D eigenvalue weighted by atomic mass is 32.2. The Morgan fingerprint density at radius 3 is 2.62 bits per heavy atom. The van der Waals surface area contributed by atoms with Gasteiger partial charge < -0.3 is 14.7 Å². The number of likely N-dealkylation sites (tertiary alicyclic amines) is 1. The largest absolute Gasteiger partial charge is 0.481 e. The summed E-state index contributed by atoms with van der Waals surface area (Å²) in [6.07, 6.45) is 4.54. The van der Waals surface area contributed by atoms with Gasteiger partial charge in [0.15, 0.2) is 0 Å². The number of hydrogen-bond acceptors (Lipinski definition) is 4. The number of carboxylic acids is 1. The van der Waals surface area contributed by atoms with Crippen molar-refractivity contribution in [2.24, 2.45) is 5.41 Å². The average Bonchev–Trinajstić information content (AvgIpc) is 2.61. The molecule has 1 aliphatic rings. The number of benzene rings is 1. The number of hydrogen-bond donors (Lipinski definition) is 1. The van der Waals surface area contributed by atoms with Crippen molar-refractivity contribution in [1.29, 1.82) is 0 Å². The first-order valence-corrected chi connectivity index (χ1v) is 9.40. The van der Waals surface area contributed by atoms with E-state index >= 15 is 0 Å². The van der Waals surface area contributed by atoms with Gasteiger partial charge in [-0.05, 0) is 56.2 Å². The normalized spacial score (nSPS) is 20.8. The van der Waals surface area contributed by atoms with Gasteiger partial charge in [-0.25, -0.2) is 0 Å². The van der Waals surface area contributed by atoms with Gasteiger partial charge >= 0.3 is 5.97 Å². The summed E-state index contributed by atoms with van der Waals surface area (Å²) in [6.45, 7) is 1.43. The van der Waals surface area contributed by atoms with Gasteiger partial charge in [-0.15, -0.1) is 11.8 Å². The lowest BCUT2D eigenvalue weighted by atomic mass is 9.76. The smallest absolute Gasteiger partial charge is 0.311 e. The maximum absolute atomic E-state index is 12.7. The topological polar surface area (TPSA) is 66.8 Å². The fraction of sp³-hybridized carbons (Fsp3) is 0.556. The van der Waals surface area contributed by atoms with Gasteiger partial charge in [-0.1, -0.05) is 0 Å². The van der Waals surface area contributed by atoms with Crippen molar-refractivity contribution >= 4 is 23.6 Å². The van der Waals surface area contributed by atoms with Crippen LogP contribution >= 0.6 is 11.8 Å². The van der Waals surface area contributed by atoms with Crippen molar-refractivity contribution in [3.8, 4) is 0 Å². The Labute approximate surface area is 147 Å². The van der Waals surface area contributed by atoms with E-state index in [1.165, 1.54) is 0 Å². The van der Waals surface area contributed by atoms with Gasteiger partial charge in [-0.2, -0.15) is 0 Å². The number of aliphatic carboxylic acids is 1. The molecule has 0 saturated carbocycles. The predicted molar refractivity (Wildman–Crippen MR) is 94.5 cm³/mol. The Bertz CT molecular complexity index is 575. The Kier molecular flexibility index (Phi) is 6.69. The van der Waals surface area contributed by atoms with Gasteiger partial charge in [0, 0.05) is 37.3 Å². The summed E-state index contributed by atoms with van der Waals surface area (Å²) in [7, 11) is 1.61. The molecule has 132 valence electrons. The predicted octanol–water partition coefficient (Wildman–Crippen LogP) is 3.14. The van der Waals surface area contributed by atoms with Crippen LogP contribution < -0.4 is 0 Å². The molecule has 0 aliphatic carbocycles. The number of piperidine rings is 1. The van der Waals surface area contributed by atoms with Crippen LogP contribution in [0, 0.1) is 5.41 Å². The third kappa shape index (κ3) is 4.30. The number of methoxy groups -OCH3 is 1. The second-order valence-electron chi connectivity index (χ2n) is 6.24. The monoisotopic (exact) mass is 351 g/mol. The minimum absolute atomic E-state index is 0.0836. The minimum Gasteiger partial charge on any atom is -0.481 e. The van der Waals surface area contributed by atoms with E-state index in [-0.39, 0.29) is 12.5 Å². The third-order valence-corrected chi connectivity index (χ3v) is 5.40. The molecule has 5 nitrogen and oxygen atoms in total. The van der Waals surface area contributed by atoms with Crippen LogP contribution in [0.25, 0.3) is 0 Å². The summed E-state index contributed by atoms with van der Waals surface area (Å²) in [5.41, 5.74) is -0.239. The number of carbonyl (C=O) groups is 2. The zero-order chi connectivity index (χ0) is 17.6. The number of rotatable bonds is 7. The molecular formula is C18H25NO4S. The molecule has 1 aliphatic heterocycles. The lowest BCUT2D eigenvalue weighted by Crippen LogP contribution is -2.50. The van der Waals surface area contributed by atoms with Gasteiger partial charge in [0.2, 0.25) is 0 Å².